The van der Waals surface area contributed by atoms with Crippen LogP contribution in [0, 0.1) is 0 Å². The molecule has 0 N–H and O–H groups in total. The molecule has 0 atom stereocenters. The van der Waals surface area contributed by atoms with Crippen LogP contribution in [0.2, 0.25) is 0 Å². The summed E-state index contributed by atoms with van der Waals surface area (Å²) < 4.78 is 6.66. The normalized spacial score (nSPS) is 11.5. The molecular formula is C33H36B15N3O. The van der Waals surface area contributed by atoms with Crippen LogP contribution in [-0.4, -0.2) is 133 Å². The molecule has 5 aromatic carbocycles. The summed E-state index contributed by atoms with van der Waals surface area (Å²) in [5.74, 6) is 2.07. The molecule has 0 fully saturated rings. The summed E-state index contributed by atoms with van der Waals surface area (Å²) in [5, 5.41) is 2.07. The molecule has 0 aliphatic carbocycles. The molecular weight excluding hydrogens is 617 g/mol. The van der Waals surface area contributed by atoms with Gasteiger partial charge in [0.05, 0.1) is 0 Å². The Bertz CT molecular complexity index is 2540. The summed E-state index contributed by atoms with van der Waals surface area (Å²) in [6.07, 6.45) is 0. The molecule has 2 heterocycles. The monoisotopic (exact) mass is 655 g/mol. The highest BCUT2D eigenvalue weighted by Crippen LogP contribution is 2.37. The minimum Gasteiger partial charge on any atom is -0.456 e. The van der Waals surface area contributed by atoms with Crippen LogP contribution in [0.5, 0.6) is 0 Å². The van der Waals surface area contributed by atoms with Crippen LogP contribution in [0.3, 0.4) is 0 Å². The van der Waals surface area contributed by atoms with E-state index in [0.717, 1.165) is 38.6 Å². The molecule has 0 spiro atoms. The van der Waals surface area contributed by atoms with Gasteiger partial charge in [0.25, 0.3) is 0 Å². The predicted octanol–water partition coefficient (Wildman–Crippen LogP) is -17.7. The van der Waals surface area contributed by atoms with Gasteiger partial charge < -0.3 is 4.42 Å². The van der Waals surface area contributed by atoms with Crippen molar-refractivity contribution in [2.75, 3.05) is 0 Å². The number of hydrogen-bond donors (Lipinski definition) is 0. The van der Waals surface area contributed by atoms with Crippen LogP contribution in [0.1, 0.15) is 0 Å². The van der Waals surface area contributed by atoms with Crippen molar-refractivity contribution in [1.29, 1.82) is 0 Å². The van der Waals surface area contributed by atoms with Gasteiger partial charge in [0.15, 0.2) is 17.5 Å². The fraction of sp³-hybridized carbons (Fsp3) is 0. The fourth-order valence-electron chi connectivity index (χ4n) is 8.49. The maximum Gasteiger partial charge on any atom is 0.164 e. The standard InChI is InChI=1S/C33H36B15N3O/c34-16-12(17(35)23(41)28(46)22(16)40)7-4-5-8-11(6-7)52-10-3-1-2-9(13(8)10)31-49-32(14-18(36)24(42)29(47)25(43)19(14)37)51-33(50-31)15-20(38)26(44)30(48)27(45)21(15)39/h1-6H,34-48H2. The van der Waals surface area contributed by atoms with Gasteiger partial charge in [0.1, 0.15) is 129 Å². The van der Waals surface area contributed by atoms with Crippen molar-refractivity contribution in [3.05, 3.63) is 36.4 Å². The van der Waals surface area contributed by atoms with Crippen molar-refractivity contribution in [1.82, 2.24) is 15.0 Å². The molecule has 7 rings (SSSR count). The number of benzene rings is 5. The van der Waals surface area contributed by atoms with Crippen LogP contribution in [0.15, 0.2) is 40.8 Å². The van der Waals surface area contributed by atoms with E-state index in [1.54, 1.807) is 0 Å². The minimum atomic E-state index is 0.651. The Kier molecular flexibility index (Phi) is 9.12. The van der Waals surface area contributed by atoms with E-state index in [-0.39, 0.29) is 0 Å². The molecule has 52 heavy (non-hydrogen) atoms. The first-order chi connectivity index (χ1) is 24.5. The van der Waals surface area contributed by atoms with E-state index in [4.69, 9.17) is 19.4 Å². The third-order valence-corrected chi connectivity index (χ3v) is 13.1. The number of rotatable bonds is 4. The highest BCUT2D eigenvalue weighted by atomic mass is 16.3. The molecule has 0 amide bonds. The molecule has 0 saturated carbocycles. The molecule has 19 heteroatoms. The Hall–Kier alpha value is -4.12. The van der Waals surface area contributed by atoms with Gasteiger partial charge in [-0.3, -0.25) is 0 Å². The summed E-state index contributed by atoms with van der Waals surface area (Å²) in [4.78, 5) is 16.0. The molecule has 0 saturated heterocycles. The summed E-state index contributed by atoms with van der Waals surface area (Å²) in [6.45, 7) is 0. The lowest BCUT2D eigenvalue weighted by Crippen LogP contribution is -2.55. The zero-order valence-corrected chi connectivity index (χ0v) is 33.7. The number of nitrogens with zero attached hydrogens (tertiary/aromatic N) is 3. The molecule has 0 aliphatic rings. The predicted molar refractivity (Wildman–Crippen MR) is 272 cm³/mol. The summed E-state index contributed by atoms with van der Waals surface area (Å²) in [7, 11) is 33.2. The summed E-state index contributed by atoms with van der Waals surface area (Å²) in [6, 6.07) is 12.9. The van der Waals surface area contributed by atoms with Crippen molar-refractivity contribution < 1.29 is 4.42 Å². The Labute approximate surface area is 321 Å². The Morgan fingerprint density at radius 1 is 0.365 bits per heavy atom. The van der Waals surface area contributed by atoms with Gasteiger partial charge in [-0.25, -0.2) is 15.0 Å². The molecule has 2 aromatic heterocycles. The van der Waals surface area contributed by atoms with E-state index in [2.05, 4.69) is 154 Å². The number of furan rings is 1. The lowest BCUT2D eigenvalue weighted by atomic mass is 9.59. The third kappa shape index (κ3) is 5.40. The fourth-order valence-corrected chi connectivity index (χ4v) is 8.49. The second kappa shape index (κ2) is 13.1. The lowest BCUT2D eigenvalue weighted by molar-refractivity contribution is 0.669. The summed E-state index contributed by atoms with van der Waals surface area (Å²) >= 11 is 0. The first kappa shape index (κ1) is 36.3. The maximum atomic E-state index is 6.66. The van der Waals surface area contributed by atoms with Gasteiger partial charge in [-0.05, 0) is 29.3 Å². The van der Waals surface area contributed by atoms with Crippen LogP contribution < -0.4 is 81.9 Å². The molecule has 0 unspecified atom stereocenters. The second-order valence-electron chi connectivity index (χ2n) is 15.3. The van der Waals surface area contributed by atoms with Crippen molar-refractivity contribution in [3.8, 4) is 45.3 Å². The quantitative estimate of drug-likeness (QED) is 0.178. The molecule has 0 radical (unpaired) electrons. The lowest BCUT2D eigenvalue weighted by Gasteiger charge is -2.22. The topological polar surface area (TPSA) is 51.8 Å². The molecule has 7 aromatic rings. The highest BCUT2D eigenvalue weighted by Gasteiger charge is 2.24. The number of aromatic nitrogens is 3. The SMILES string of the molecule is Bc1c(B)c(B)c(-c2ccc3c(c2)oc2cccc(-c4nc(-c5c(B)c(B)c(B)c(B)c5B)nc(-c5c(B)c(B)c(B)c(B)c5B)n4)c23)c(B)c1B. The zero-order valence-electron chi connectivity index (χ0n) is 33.7. The number of hydrogen-bond acceptors (Lipinski definition) is 4. The number of fused-ring (bicyclic) bond motifs is 3. The van der Waals surface area contributed by atoms with Crippen LogP contribution in [-0.2, 0) is 0 Å². The first-order valence-electron chi connectivity index (χ1n) is 18.5. The smallest absolute Gasteiger partial charge is 0.164 e. The van der Waals surface area contributed by atoms with Crippen molar-refractivity contribution in [3.63, 3.8) is 0 Å². The molecule has 0 aliphatic heterocycles. The Morgan fingerprint density at radius 2 is 0.750 bits per heavy atom. The van der Waals surface area contributed by atoms with Crippen LogP contribution in [0.4, 0.5) is 0 Å². The highest BCUT2D eigenvalue weighted by molar-refractivity contribution is 6.71. The Balaban J connectivity index is 1.54. The molecule has 4 nitrogen and oxygen atoms in total. The van der Waals surface area contributed by atoms with Crippen molar-refractivity contribution in [2.24, 2.45) is 0 Å². The zero-order chi connectivity index (χ0) is 37.7. The first-order valence-corrected chi connectivity index (χ1v) is 18.5. The van der Waals surface area contributed by atoms with E-state index in [1.807, 2.05) is 0 Å². The van der Waals surface area contributed by atoms with Gasteiger partial charge >= 0.3 is 0 Å². The summed E-state index contributed by atoms with van der Waals surface area (Å²) in [5.41, 5.74) is 26.5. The van der Waals surface area contributed by atoms with E-state index < -0.39 is 0 Å². The van der Waals surface area contributed by atoms with E-state index >= 15 is 0 Å². The van der Waals surface area contributed by atoms with E-state index in [1.165, 1.54) is 93.1 Å². The largest absolute Gasteiger partial charge is 0.456 e. The van der Waals surface area contributed by atoms with Crippen LogP contribution >= 0.6 is 0 Å². The van der Waals surface area contributed by atoms with E-state index in [9.17, 15) is 0 Å². The van der Waals surface area contributed by atoms with Gasteiger partial charge in [-0.15, -0.1) is 49.2 Å². The Morgan fingerprint density at radius 3 is 1.19 bits per heavy atom. The van der Waals surface area contributed by atoms with Gasteiger partial charge in [0, 0.05) is 27.5 Å². The average Bonchev–Trinajstić information content (AvgIpc) is 3.51. The third-order valence-electron chi connectivity index (χ3n) is 13.1. The molecule has 234 valence electrons. The van der Waals surface area contributed by atoms with E-state index in [0.29, 0.717) is 17.5 Å². The maximum absolute atomic E-state index is 6.66. The van der Waals surface area contributed by atoms with Gasteiger partial charge in [-0.1, -0.05) is 51.0 Å². The molecule has 0 bridgehead atoms. The minimum absolute atomic E-state index is 0.651. The average molecular weight is 653 g/mol. The van der Waals surface area contributed by atoms with Gasteiger partial charge in [0.2, 0.25) is 0 Å². The second-order valence-corrected chi connectivity index (χ2v) is 15.3. The van der Waals surface area contributed by atoms with Crippen LogP contribution in [0.25, 0.3) is 67.2 Å². The van der Waals surface area contributed by atoms with Gasteiger partial charge in [-0.2, -0.15) is 0 Å². The van der Waals surface area contributed by atoms with Crippen molar-refractivity contribution >= 4 is 222 Å². The van der Waals surface area contributed by atoms with Crippen molar-refractivity contribution in [2.45, 2.75) is 0 Å².